The zero-order chi connectivity index (χ0) is 12.9. The summed E-state index contributed by atoms with van der Waals surface area (Å²) in [6.45, 7) is 7.05. The maximum absolute atomic E-state index is 10.9. The van der Waals surface area contributed by atoms with Gasteiger partial charge in [0.25, 0.3) is 0 Å². The minimum absolute atomic E-state index is 0.375. The predicted molar refractivity (Wildman–Crippen MR) is 65.9 cm³/mol. The molecule has 0 aromatic heterocycles. The van der Waals surface area contributed by atoms with E-state index in [1.54, 1.807) is 6.92 Å². The van der Waals surface area contributed by atoms with Crippen molar-refractivity contribution in [1.29, 1.82) is 0 Å². The number of carboxylic acid groups (broad SMARTS) is 1. The highest BCUT2D eigenvalue weighted by atomic mass is 16.5. The SMILES string of the molecule is CCOC1CCN(CCC(C)(N)C(=O)O)CC1. The van der Waals surface area contributed by atoms with Crippen LogP contribution in [0.1, 0.15) is 33.1 Å². The van der Waals surface area contributed by atoms with Crippen molar-refractivity contribution in [1.82, 2.24) is 4.90 Å². The number of likely N-dealkylation sites (tertiary alicyclic amines) is 1. The highest BCUT2D eigenvalue weighted by molar-refractivity contribution is 5.77. The van der Waals surface area contributed by atoms with Crippen molar-refractivity contribution in [2.45, 2.75) is 44.8 Å². The van der Waals surface area contributed by atoms with Crippen LogP contribution >= 0.6 is 0 Å². The van der Waals surface area contributed by atoms with Gasteiger partial charge in [-0.25, -0.2) is 0 Å². The molecule has 0 aromatic carbocycles. The lowest BCUT2D eigenvalue weighted by Crippen LogP contribution is -2.48. The number of ether oxygens (including phenoxy) is 1. The van der Waals surface area contributed by atoms with Gasteiger partial charge in [-0.3, -0.25) is 4.79 Å². The Morgan fingerprint density at radius 3 is 2.59 bits per heavy atom. The van der Waals surface area contributed by atoms with E-state index in [-0.39, 0.29) is 0 Å². The molecule has 1 heterocycles. The molecule has 1 aliphatic heterocycles. The molecule has 1 atom stereocenters. The van der Waals surface area contributed by atoms with Crippen LogP contribution in [-0.2, 0) is 9.53 Å². The van der Waals surface area contributed by atoms with Gasteiger partial charge in [-0.15, -0.1) is 0 Å². The fourth-order valence-electron chi connectivity index (χ4n) is 2.03. The van der Waals surface area contributed by atoms with Crippen molar-refractivity contribution in [2.24, 2.45) is 5.73 Å². The van der Waals surface area contributed by atoms with Gasteiger partial charge in [0.05, 0.1) is 6.10 Å². The lowest BCUT2D eigenvalue weighted by molar-refractivity contribution is -0.143. The molecule has 1 rings (SSSR count). The van der Waals surface area contributed by atoms with Gasteiger partial charge in [0.15, 0.2) is 0 Å². The molecular weight excluding hydrogens is 220 g/mol. The number of aliphatic carboxylic acids is 1. The van der Waals surface area contributed by atoms with E-state index in [9.17, 15) is 4.79 Å². The molecule has 0 amide bonds. The Bertz CT molecular complexity index is 248. The Morgan fingerprint density at radius 1 is 1.53 bits per heavy atom. The highest BCUT2D eigenvalue weighted by Gasteiger charge is 2.29. The van der Waals surface area contributed by atoms with Gasteiger partial charge >= 0.3 is 5.97 Å². The molecule has 0 aliphatic carbocycles. The summed E-state index contributed by atoms with van der Waals surface area (Å²) < 4.78 is 5.57. The first kappa shape index (κ1) is 14.4. The highest BCUT2D eigenvalue weighted by Crippen LogP contribution is 2.15. The second-order valence-corrected chi connectivity index (χ2v) is 4.97. The monoisotopic (exact) mass is 244 g/mol. The fourth-order valence-corrected chi connectivity index (χ4v) is 2.03. The van der Waals surface area contributed by atoms with E-state index >= 15 is 0 Å². The Kier molecular flexibility index (Phi) is 5.36. The molecule has 0 saturated carbocycles. The van der Waals surface area contributed by atoms with Crippen molar-refractivity contribution in [3.63, 3.8) is 0 Å². The standard InChI is InChI=1S/C12H24N2O3/c1-3-17-10-4-7-14(8-5-10)9-6-12(2,13)11(15)16/h10H,3-9,13H2,1-2H3,(H,15,16). The Balaban J connectivity index is 2.25. The maximum atomic E-state index is 10.9. The predicted octanol–water partition coefficient (Wildman–Crippen LogP) is 0.679. The van der Waals surface area contributed by atoms with Gasteiger partial charge in [0.2, 0.25) is 0 Å². The van der Waals surface area contributed by atoms with Crippen LogP contribution in [0.4, 0.5) is 0 Å². The fraction of sp³-hybridized carbons (Fsp3) is 0.917. The molecule has 1 unspecified atom stereocenters. The Labute approximate surface area is 103 Å². The number of nitrogens with two attached hydrogens (primary N) is 1. The molecule has 5 heteroatoms. The lowest BCUT2D eigenvalue weighted by atomic mass is 9.98. The first-order chi connectivity index (χ1) is 7.95. The van der Waals surface area contributed by atoms with E-state index < -0.39 is 11.5 Å². The van der Waals surface area contributed by atoms with E-state index in [1.165, 1.54) is 0 Å². The Hall–Kier alpha value is -0.650. The van der Waals surface area contributed by atoms with Crippen molar-refractivity contribution in [3.05, 3.63) is 0 Å². The van der Waals surface area contributed by atoms with Gasteiger partial charge in [0, 0.05) is 26.2 Å². The van der Waals surface area contributed by atoms with Crippen LogP contribution in [0.5, 0.6) is 0 Å². The molecule has 1 fully saturated rings. The van der Waals surface area contributed by atoms with Gasteiger partial charge in [0.1, 0.15) is 5.54 Å². The third-order valence-corrected chi connectivity index (χ3v) is 3.37. The molecule has 100 valence electrons. The quantitative estimate of drug-likeness (QED) is 0.718. The second-order valence-electron chi connectivity index (χ2n) is 4.97. The first-order valence-electron chi connectivity index (χ1n) is 6.32. The van der Waals surface area contributed by atoms with Crippen LogP contribution in [0.2, 0.25) is 0 Å². The molecule has 0 bridgehead atoms. The minimum Gasteiger partial charge on any atom is -0.480 e. The molecule has 3 N–H and O–H groups in total. The zero-order valence-corrected chi connectivity index (χ0v) is 10.8. The van der Waals surface area contributed by atoms with Gasteiger partial charge in [-0.1, -0.05) is 0 Å². The Morgan fingerprint density at radius 2 is 2.12 bits per heavy atom. The zero-order valence-electron chi connectivity index (χ0n) is 10.8. The molecule has 17 heavy (non-hydrogen) atoms. The second kappa shape index (κ2) is 6.33. The van der Waals surface area contributed by atoms with Crippen LogP contribution in [0.3, 0.4) is 0 Å². The molecule has 1 aliphatic rings. The van der Waals surface area contributed by atoms with E-state index in [0.29, 0.717) is 12.5 Å². The third-order valence-electron chi connectivity index (χ3n) is 3.37. The number of nitrogens with zero attached hydrogens (tertiary/aromatic N) is 1. The smallest absolute Gasteiger partial charge is 0.323 e. The summed E-state index contributed by atoms with van der Waals surface area (Å²) in [4.78, 5) is 13.1. The minimum atomic E-state index is -1.11. The van der Waals surface area contributed by atoms with Crippen molar-refractivity contribution < 1.29 is 14.6 Å². The van der Waals surface area contributed by atoms with Crippen molar-refractivity contribution >= 4 is 5.97 Å². The van der Waals surface area contributed by atoms with E-state index in [1.807, 2.05) is 6.92 Å². The summed E-state index contributed by atoms with van der Waals surface area (Å²) in [7, 11) is 0. The van der Waals surface area contributed by atoms with Crippen molar-refractivity contribution in [3.8, 4) is 0 Å². The molecule has 0 radical (unpaired) electrons. The largest absolute Gasteiger partial charge is 0.480 e. The first-order valence-corrected chi connectivity index (χ1v) is 6.32. The molecule has 5 nitrogen and oxygen atoms in total. The normalized spacial score (nSPS) is 22.3. The van der Waals surface area contributed by atoms with Gasteiger partial charge in [-0.05, 0) is 33.1 Å². The number of hydrogen-bond acceptors (Lipinski definition) is 4. The van der Waals surface area contributed by atoms with Crippen LogP contribution in [-0.4, -0.2) is 53.9 Å². The summed E-state index contributed by atoms with van der Waals surface area (Å²) in [6, 6.07) is 0. The summed E-state index contributed by atoms with van der Waals surface area (Å²) in [5, 5.41) is 8.92. The van der Waals surface area contributed by atoms with Crippen LogP contribution < -0.4 is 5.73 Å². The summed E-state index contributed by atoms with van der Waals surface area (Å²) in [6.07, 6.45) is 2.92. The number of rotatable bonds is 6. The average Bonchev–Trinajstić information content (AvgIpc) is 2.28. The van der Waals surface area contributed by atoms with Crippen LogP contribution in [0, 0.1) is 0 Å². The molecule has 0 spiro atoms. The van der Waals surface area contributed by atoms with E-state index in [4.69, 9.17) is 15.6 Å². The van der Waals surface area contributed by atoms with Gasteiger partial charge < -0.3 is 20.5 Å². The molecule has 1 saturated heterocycles. The number of hydrogen-bond donors (Lipinski definition) is 2. The van der Waals surface area contributed by atoms with Crippen LogP contribution in [0.15, 0.2) is 0 Å². The number of carbonyl (C=O) groups is 1. The average molecular weight is 244 g/mol. The van der Waals surface area contributed by atoms with E-state index in [2.05, 4.69) is 4.90 Å². The van der Waals surface area contributed by atoms with Crippen LogP contribution in [0.25, 0.3) is 0 Å². The molecule has 0 aromatic rings. The third kappa shape index (κ3) is 4.61. The topological polar surface area (TPSA) is 75.8 Å². The lowest BCUT2D eigenvalue weighted by Gasteiger charge is -2.33. The molecular formula is C12H24N2O3. The summed E-state index contributed by atoms with van der Waals surface area (Å²) in [5.74, 6) is -0.929. The van der Waals surface area contributed by atoms with Gasteiger partial charge in [-0.2, -0.15) is 0 Å². The maximum Gasteiger partial charge on any atom is 0.323 e. The number of carboxylic acids is 1. The summed E-state index contributed by atoms with van der Waals surface area (Å²) >= 11 is 0. The van der Waals surface area contributed by atoms with E-state index in [0.717, 1.165) is 39.1 Å². The summed E-state index contributed by atoms with van der Waals surface area (Å²) in [5.41, 5.74) is 4.59. The number of piperidine rings is 1. The van der Waals surface area contributed by atoms with Crippen molar-refractivity contribution in [2.75, 3.05) is 26.2 Å².